The van der Waals surface area contributed by atoms with Crippen LogP contribution in [0.25, 0.3) is 22.3 Å². The molecule has 0 atom stereocenters. The molecule has 0 bridgehead atoms. The van der Waals surface area contributed by atoms with E-state index < -0.39 is 0 Å². The summed E-state index contributed by atoms with van der Waals surface area (Å²) in [6, 6.07) is 24.6. The molecule has 0 aliphatic rings. The van der Waals surface area contributed by atoms with Crippen LogP contribution in [0.15, 0.2) is 72.8 Å². The molecule has 0 aliphatic heterocycles. The van der Waals surface area contributed by atoms with Gasteiger partial charge in [0.2, 0.25) is 0 Å². The van der Waals surface area contributed by atoms with E-state index in [9.17, 15) is 0 Å². The number of ether oxygens (including phenoxy) is 2. The van der Waals surface area contributed by atoms with Gasteiger partial charge in [-0.2, -0.15) is 0 Å². The molecule has 0 aliphatic carbocycles. The number of hydrogen-bond donors (Lipinski definition) is 0. The van der Waals surface area contributed by atoms with Crippen LogP contribution in [-0.4, -0.2) is 14.2 Å². The Morgan fingerprint density at radius 3 is 1.95 bits per heavy atom. The molecule has 0 radical (unpaired) electrons. The van der Waals surface area contributed by atoms with Crippen molar-refractivity contribution in [3.05, 3.63) is 72.8 Å². The largest absolute Gasteiger partial charge is 0.497 e. The second-order valence-electron chi connectivity index (χ2n) is 4.98. The molecule has 0 unspecified atom stereocenters. The van der Waals surface area contributed by atoms with Gasteiger partial charge in [-0.1, -0.05) is 54.6 Å². The number of hydrogen-bond acceptors (Lipinski definition) is 2. The van der Waals surface area contributed by atoms with Gasteiger partial charge in [-0.05, 0) is 34.9 Å². The fourth-order valence-corrected chi connectivity index (χ4v) is 2.61. The van der Waals surface area contributed by atoms with E-state index in [4.69, 9.17) is 9.47 Å². The van der Waals surface area contributed by atoms with Gasteiger partial charge in [0.25, 0.3) is 0 Å². The maximum Gasteiger partial charge on any atom is 0.126 e. The Morgan fingerprint density at radius 2 is 1.27 bits per heavy atom. The lowest BCUT2D eigenvalue weighted by Crippen LogP contribution is -1.92. The van der Waals surface area contributed by atoms with Crippen molar-refractivity contribution in [2.24, 2.45) is 0 Å². The molecule has 0 fully saturated rings. The Hall–Kier alpha value is -2.74. The van der Waals surface area contributed by atoms with Crippen LogP contribution in [-0.2, 0) is 0 Å². The van der Waals surface area contributed by atoms with E-state index >= 15 is 0 Å². The monoisotopic (exact) mass is 290 g/mol. The summed E-state index contributed by atoms with van der Waals surface area (Å²) in [4.78, 5) is 0. The maximum atomic E-state index is 5.53. The summed E-state index contributed by atoms with van der Waals surface area (Å²) in [6.45, 7) is 0. The zero-order chi connectivity index (χ0) is 15.4. The molecule has 0 heterocycles. The summed E-state index contributed by atoms with van der Waals surface area (Å²) in [7, 11) is 3.37. The molecule has 2 nitrogen and oxygen atoms in total. The number of methoxy groups -OCH3 is 2. The SMILES string of the molecule is COc1ccc(OC)c(-c2ccccc2-c2ccccc2)c1. The Morgan fingerprint density at radius 1 is 0.591 bits per heavy atom. The van der Waals surface area contributed by atoms with Crippen LogP contribution in [0.1, 0.15) is 0 Å². The lowest BCUT2D eigenvalue weighted by atomic mass is 9.94. The summed E-state index contributed by atoms with van der Waals surface area (Å²) in [5.74, 6) is 1.66. The average molecular weight is 290 g/mol. The molecular formula is C20H18O2. The topological polar surface area (TPSA) is 18.5 Å². The molecule has 22 heavy (non-hydrogen) atoms. The highest BCUT2D eigenvalue weighted by atomic mass is 16.5. The standard InChI is InChI=1S/C20H18O2/c1-21-16-12-13-20(22-2)19(14-16)18-11-7-6-10-17(18)15-8-4-3-5-9-15/h3-14H,1-2H3. The predicted molar refractivity (Wildman–Crippen MR) is 90.4 cm³/mol. The van der Waals surface area contributed by atoms with E-state index in [2.05, 4.69) is 42.5 Å². The molecule has 0 saturated heterocycles. The van der Waals surface area contributed by atoms with E-state index in [1.165, 1.54) is 11.1 Å². The van der Waals surface area contributed by atoms with E-state index in [-0.39, 0.29) is 0 Å². The van der Waals surface area contributed by atoms with Crippen molar-refractivity contribution in [3.8, 4) is 33.8 Å². The van der Waals surface area contributed by atoms with Crippen LogP contribution in [0.2, 0.25) is 0 Å². The Labute approximate surface area is 131 Å². The first-order valence-corrected chi connectivity index (χ1v) is 7.20. The fraction of sp³-hybridized carbons (Fsp3) is 0.100. The van der Waals surface area contributed by atoms with Gasteiger partial charge < -0.3 is 9.47 Å². The summed E-state index contributed by atoms with van der Waals surface area (Å²) in [6.07, 6.45) is 0. The second-order valence-corrected chi connectivity index (χ2v) is 4.98. The van der Waals surface area contributed by atoms with Crippen molar-refractivity contribution >= 4 is 0 Å². The van der Waals surface area contributed by atoms with Gasteiger partial charge >= 0.3 is 0 Å². The molecule has 0 aromatic heterocycles. The second kappa shape index (κ2) is 6.35. The highest BCUT2D eigenvalue weighted by molar-refractivity contribution is 5.86. The van der Waals surface area contributed by atoms with E-state index in [0.717, 1.165) is 22.6 Å². The van der Waals surface area contributed by atoms with Gasteiger partial charge in [0.1, 0.15) is 11.5 Å². The normalized spacial score (nSPS) is 10.3. The molecule has 0 saturated carbocycles. The number of benzene rings is 3. The minimum atomic E-state index is 0.818. The van der Waals surface area contributed by atoms with Crippen molar-refractivity contribution in [3.63, 3.8) is 0 Å². The first-order chi connectivity index (χ1) is 10.8. The molecule has 2 heteroatoms. The Bertz CT molecular complexity index is 764. The van der Waals surface area contributed by atoms with Gasteiger partial charge in [0, 0.05) is 5.56 Å². The van der Waals surface area contributed by atoms with E-state index in [1.807, 2.05) is 30.3 Å². The zero-order valence-electron chi connectivity index (χ0n) is 12.7. The van der Waals surface area contributed by atoms with Crippen molar-refractivity contribution < 1.29 is 9.47 Å². The van der Waals surface area contributed by atoms with Crippen molar-refractivity contribution in [1.29, 1.82) is 0 Å². The average Bonchev–Trinajstić information content (AvgIpc) is 2.62. The molecule has 3 aromatic rings. The van der Waals surface area contributed by atoms with Crippen molar-refractivity contribution in [2.45, 2.75) is 0 Å². The van der Waals surface area contributed by atoms with Crippen LogP contribution < -0.4 is 9.47 Å². The van der Waals surface area contributed by atoms with E-state index in [1.54, 1.807) is 14.2 Å². The maximum absolute atomic E-state index is 5.53. The van der Waals surface area contributed by atoms with Gasteiger partial charge in [-0.25, -0.2) is 0 Å². The van der Waals surface area contributed by atoms with Gasteiger partial charge in [-0.3, -0.25) is 0 Å². The summed E-state index contributed by atoms with van der Waals surface area (Å²) in [5, 5.41) is 0. The molecule has 3 aromatic carbocycles. The van der Waals surface area contributed by atoms with Crippen molar-refractivity contribution in [1.82, 2.24) is 0 Å². The fourth-order valence-electron chi connectivity index (χ4n) is 2.61. The Balaban J connectivity index is 2.21. The third kappa shape index (κ3) is 2.68. The molecule has 3 rings (SSSR count). The van der Waals surface area contributed by atoms with Gasteiger partial charge in [0.15, 0.2) is 0 Å². The quantitative estimate of drug-likeness (QED) is 0.670. The molecule has 110 valence electrons. The van der Waals surface area contributed by atoms with Crippen LogP contribution in [0.5, 0.6) is 11.5 Å². The highest BCUT2D eigenvalue weighted by Crippen LogP contribution is 2.38. The van der Waals surface area contributed by atoms with Crippen LogP contribution in [0, 0.1) is 0 Å². The first-order valence-electron chi connectivity index (χ1n) is 7.20. The third-order valence-corrected chi connectivity index (χ3v) is 3.71. The smallest absolute Gasteiger partial charge is 0.126 e. The van der Waals surface area contributed by atoms with Gasteiger partial charge in [-0.15, -0.1) is 0 Å². The van der Waals surface area contributed by atoms with Gasteiger partial charge in [0.05, 0.1) is 14.2 Å². The minimum Gasteiger partial charge on any atom is -0.497 e. The van der Waals surface area contributed by atoms with E-state index in [0.29, 0.717) is 0 Å². The minimum absolute atomic E-state index is 0.818. The molecule has 0 amide bonds. The van der Waals surface area contributed by atoms with Crippen molar-refractivity contribution in [2.75, 3.05) is 14.2 Å². The summed E-state index contributed by atoms with van der Waals surface area (Å²) < 4.78 is 10.9. The van der Waals surface area contributed by atoms with Crippen LogP contribution >= 0.6 is 0 Å². The summed E-state index contributed by atoms with van der Waals surface area (Å²) >= 11 is 0. The summed E-state index contributed by atoms with van der Waals surface area (Å²) in [5.41, 5.74) is 4.52. The highest BCUT2D eigenvalue weighted by Gasteiger charge is 2.12. The number of rotatable bonds is 4. The van der Waals surface area contributed by atoms with Crippen LogP contribution in [0.3, 0.4) is 0 Å². The molecule has 0 spiro atoms. The third-order valence-electron chi connectivity index (χ3n) is 3.71. The molecule has 0 N–H and O–H groups in total. The lowest BCUT2D eigenvalue weighted by Gasteiger charge is -2.14. The molecular weight excluding hydrogens is 272 g/mol. The predicted octanol–water partition coefficient (Wildman–Crippen LogP) is 5.04. The first kappa shape index (κ1) is 14.2. The van der Waals surface area contributed by atoms with Crippen LogP contribution in [0.4, 0.5) is 0 Å². The zero-order valence-corrected chi connectivity index (χ0v) is 12.7. The lowest BCUT2D eigenvalue weighted by molar-refractivity contribution is 0.404. The Kier molecular flexibility index (Phi) is 4.10.